The lowest BCUT2D eigenvalue weighted by Gasteiger charge is -2.17. The van der Waals surface area contributed by atoms with Gasteiger partial charge in [0.15, 0.2) is 0 Å². The molecule has 0 aliphatic rings. The highest BCUT2D eigenvalue weighted by Crippen LogP contribution is 2.17. The summed E-state index contributed by atoms with van der Waals surface area (Å²) in [6.45, 7) is -0.182. The number of benzene rings is 1. The number of nitrogens with one attached hydrogen (secondary N) is 1. The molecule has 2 aromatic rings. The predicted octanol–water partition coefficient (Wildman–Crippen LogP) is 1.55. The zero-order valence-corrected chi connectivity index (χ0v) is 11.1. The van der Waals surface area contributed by atoms with Crippen LogP contribution in [0.1, 0.15) is 22.0 Å². The van der Waals surface area contributed by atoms with Crippen LogP contribution >= 0.6 is 0 Å². The maximum atomic E-state index is 12.2. The summed E-state index contributed by atoms with van der Waals surface area (Å²) in [4.78, 5) is 16.2. The molecule has 5 heteroatoms. The van der Waals surface area contributed by atoms with Crippen molar-refractivity contribution in [3.05, 3.63) is 59.8 Å². The maximum absolute atomic E-state index is 12.2. The zero-order valence-electron chi connectivity index (χ0n) is 11.1. The molecule has 104 valence electrons. The number of nitrogens with zero attached hydrogens (tertiary/aromatic N) is 1. The summed E-state index contributed by atoms with van der Waals surface area (Å²) in [5, 5.41) is 12.2. The van der Waals surface area contributed by atoms with Gasteiger partial charge in [-0.2, -0.15) is 0 Å². The summed E-state index contributed by atoms with van der Waals surface area (Å²) in [6, 6.07) is 12.1. The zero-order chi connectivity index (χ0) is 14.4. The molecular formula is C15H16N2O3. The van der Waals surface area contributed by atoms with Crippen LogP contribution in [0.5, 0.6) is 5.88 Å². The van der Waals surface area contributed by atoms with Crippen LogP contribution in [0.3, 0.4) is 0 Å². The Bertz CT molecular complexity index is 572. The Labute approximate surface area is 117 Å². The second-order valence-corrected chi connectivity index (χ2v) is 4.18. The van der Waals surface area contributed by atoms with Crippen molar-refractivity contribution in [3.8, 4) is 5.88 Å². The summed E-state index contributed by atoms with van der Waals surface area (Å²) in [5.74, 6) is -0.0763. The molecule has 0 aliphatic carbocycles. The smallest absolute Gasteiger partial charge is 0.257 e. The van der Waals surface area contributed by atoms with E-state index in [0.717, 1.165) is 5.56 Å². The van der Waals surface area contributed by atoms with E-state index in [4.69, 9.17) is 4.74 Å². The Morgan fingerprint density at radius 1 is 1.30 bits per heavy atom. The Balaban J connectivity index is 2.18. The number of pyridine rings is 1. The Morgan fingerprint density at radius 3 is 2.70 bits per heavy atom. The molecule has 0 aliphatic heterocycles. The lowest BCUT2D eigenvalue weighted by Crippen LogP contribution is -2.31. The fourth-order valence-electron chi connectivity index (χ4n) is 1.88. The molecule has 2 N–H and O–H groups in total. The predicted molar refractivity (Wildman–Crippen MR) is 74.5 cm³/mol. The lowest BCUT2D eigenvalue weighted by atomic mass is 10.1. The quantitative estimate of drug-likeness (QED) is 0.866. The largest absolute Gasteiger partial charge is 0.480 e. The van der Waals surface area contributed by atoms with Crippen molar-refractivity contribution in [2.24, 2.45) is 0 Å². The summed E-state index contributed by atoms with van der Waals surface area (Å²) < 4.78 is 5.05. The van der Waals surface area contributed by atoms with E-state index in [1.807, 2.05) is 30.3 Å². The number of ether oxygens (including phenoxy) is 1. The molecule has 20 heavy (non-hydrogen) atoms. The van der Waals surface area contributed by atoms with Crippen LogP contribution in [-0.4, -0.2) is 29.7 Å². The molecule has 1 aromatic carbocycles. The molecule has 0 fully saturated rings. The molecule has 2 rings (SSSR count). The fourth-order valence-corrected chi connectivity index (χ4v) is 1.88. The summed E-state index contributed by atoms with van der Waals surface area (Å²) >= 11 is 0. The van der Waals surface area contributed by atoms with Gasteiger partial charge in [0.05, 0.1) is 19.8 Å². The number of aliphatic hydroxyl groups excluding tert-OH is 1. The van der Waals surface area contributed by atoms with Crippen molar-refractivity contribution in [2.45, 2.75) is 6.04 Å². The minimum atomic E-state index is -0.464. The van der Waals surface area contributed by atoms with Crippen molar-refractivity contribution in [2.75, 3.05) is 13.7 Å². The van der Waals surface area contributed by atoms with Crippen LogP contribution in [0.25, 0.3) is 0 Å². The first-order chi connectivity index (χ1) is 9.76. The van der Waals surface area contributed by atoms with E-state index in [1.54, 1.807) is 18.3 Å². The molecule has 0 bridgehead atoms. The van der Waals surface area contributed by atoms with Gasteiger partial charge in [-0.05, 0) is 17.7 Å². The number of amides is 1. The number of hydrogen-bond acceptors (Lipinski definition) is 4. The molecule has 1 amide bonds. The molecule has 1 heterocycles. The molecule has 0 spiro atoms. The van der Waals surface area contributed by atoms with Crippen molar-refractivity contribution in [1.82, 2.24) is 10.3 Å². The van der Waals surface area contributed by atoms with Gasteiger partial charge in [-0.1, -0.05) is 30.3 Å². The second kappa shape index (κ2) is 6.68. The normalized spacial score (nSPS) is 11.7. The minimum absolute atomic E-state index is 0.182. The first-order valence-electron chi connectivity index (χ1n) is 6.22. The van der Waals surface area contributed by atoms with Crippen LogP contribution in [0.4, 0.5) is 0 Å². The number of hydrogen-bond donors (Lipinski definition) is 2. The van der Waals surface area contributed by atoms with Gasteiger partial charge in [0.25, 0.3) is 5.91 Å². The molecule has 0 radical (unpaired) electrons. The van der Waals surface area contributed by atoms with E-state index in [2.05, 4.69) is 10.3 Å². The molecule has 0 saturated carbocycles. The SMILES string of the molecule is COc1ncccc1C(=O)NC(CO)c1ccccc1. The Hall–Kier alpha value is -2.40. The third-order valence-electron chi connectivity index (χ3n) is 2.90. The molecule has 0 saturated heterocycles. The third kappa shape index (κ3) is 3.13. The lowest BCUT2D eigenvalue weighted by molar-refractivity contribution is 0.0912. The number of aromatic nitrogens is 1. The average molecular weight is 272 g/mol. The van der Waals surface area contributed by atoms with Gasteiger partial charge in [0.1, 0.15) is 5.56 Å². The first kappa shape index (κ1) is 14.0. The van der Waals surface area contributed by atoms with Gasteiger partial charge in [-0.3, -0.25) is 4.79 Å². The van der Waals surface area contributed by atoms with E-state index in [1.165, 1.54) is 7.11 Å². The molecular weight excluding hydrogens is 256 g/mol. The Kier molecular flexibility index (Phi) is 4.68. The molecule has 5 nitrogen and oxygen atoms in total. The van der Waals surface area contributed by atoms with Gasteiger partial charge in [-0.25, -0.2) is 4.98 Å². The average Bonchev–Trinajstić information content (AvgIpc) is 2.53. The van der Waals surface area contributed by atoms with Gasteiger partial charge in [0, 0.05) is 6.20 Å². The number of carbonyl (C=O) groups excluding carboxylic acids is 1. The highest BCUT2D eigenvalue weighted by molar-refractivity contribution is 5.96. The van der Waals surface area contributed by atoms with Gasteiger partial charge < -0.3 is 15.2 Å². The first-order valence-corrected chi connectivity index (χ1v) is 6.22. The topological polar surface area (TPSA) is 71.5 Å². The number of carbonyl (C=O) groups is 1. The van der Waals surface area contributed by atoms with Gasteiger partial charge in [0.2, 0.25) is 5.88 Å². The van der Waals surface area contributed by atoms with E-state index < -0.39 is 6.04 Å². The monoisotopic (exact) mass is 272 g/mol. The van der Waals surface area contributed by atoms with Crippen molar-refractivity contribution in [3.63, 3.8) is 0 Å². The number of aliphatic hydroxyl groups is 1. The highest BCUT2D eigenvalue weighted by Gasteiger charge is 2.18. The van der Waals surface area contributed by atoms with Crippen molar-refractivity contribution in [1.29, 1.82) is 0 Å². The van der Waals surface area contributed by atoms with Crippen molar-refractivity contribution >= 4 is 5.91 Å². The van der Waals surface area contributed by atoms with Crippen molar-refractivity contribution < 1.29 is 14.6 Å². The van der Waals surface area contributed by atoms with Gasteiger partial charge >= 0.3 is 0 Å². The molecule has 1 unspecified atom stereocenters. The summed E-state index contributed by atoms with van der Waals surface area (Å²) in [6.07, 6.45) is 1.55. The second-order valence-electron chi connectivity index (χ2n) is 4.18. The maximum Gasteiger partial charge on any atom is 0.257 e. The Morgan fingerprint density at radius 2 is 2.05 bits per heavy atom. The van der Waals surface area contributed by atoms with Crippen LogP contribution in [-0.2, 0) is 0 Å². The molecule has 1 aromatic heterocycles. The standard InChI is InChI=1S/C15H16N2O3/c1-20-15-12(8-5-9-16-15)14(19)17-13(10-18)11-6-3-2-4-7-11/h2-9,13,18H,10H2,1H3,(H,17,19). The highest BCUT2D eigenvalue weighted by atomic mass is 16.5. The number of methoxy groups -OCH3 is 1. The van der Waals surface area contributed by atoms with Crippen LogP contribution in [0.15, 0.2) is 48.7 Å². The van der Waals surface area contributed by atoms with E-state index in [9.17, 15) is 9.90 Å². The number of rotatable bonds is 5. The fraction of sp³-hybridized carbons (Fsp3) is 0.200. The molecule has 1 atom stereocenters. The minimum Gasteiger partial charge on any atom is -0.480 e. The third-order valence-corrected chi connectivity index (χ3v) is 2.90. The van der Waals surface area contributed by atoms with Gasteiger partial charge in [-0.15, -0.1) is 0 Å². The van der Waals surface area contributed by atoms with E-state index >= 15 is 0 Å². The van der Waals surface area contributed by atoms with Crippen LogP contribution in [0, 0.1) is 0 Å². The summed E-state index contributed by atoms with van der Waals surface area (Å²) in [5.41, 5.74) is 1.18. The van der Waals surface area contributed by atoms with Crippen LogP contribution in [0.2, 0.25) is 0 Å². The van der Waals surface area contributed by atoms with E-state index in [-0.39, 0.29) is 18.4 Å². The summed E-state index contributed by atoms with van der Waals surface area (Å²) in [7, 11) is 1.46. The van der Waals surface area contributed by atoms with E-state index in [0.29, 0.717) is 5.56 Å². The van der Waals surface area contributed by atoms with Crippen LogP contribution < -0.4 is 10.1 Å².